The maximum atomic E-state index is 6.03. The van der Waals surface area contributed by atoms with E-state index >= 15 is 0 Å². The molecule has 112 valence electrons. The van der Waals surface area contributed by atoms with Crippen LogP contribution in [0.4, 0.5) is 0 Å². The van der Waals surface area contributed by atoms with Crippen molar-refractivity contribution in [2.75, 3.05) is 6.61 Å². The number of nitrogens with zero attached hydrogens (tertiary/aromatic N) is 3. The molecule has 1 aliphatic carbocycles. The van der Waals surface area contributed by atoms with Crippen LogP contribution < -0.4 is 11.3 Å². The SMILES string of the molecule is NNC(c1cnn2ccncc12)C1CCOC2(CCC2)C1. The largest absolute Gasteiger partial charge is 0.375 e. The maximum absolute atomic E-state index is 6.03. The van der Waals surface area contributed by atoms with Crippen LogP contribution in [0.5, 0.6) is 0 Å². The summed E-state index contributed by atoms with van der Waals surface area (Å²) in [5, 5.41) is 4.40. The van der Waals surface area contributed by atoms with E-state index in [4.69, 9.17) is 10.6 Å². The van der Waals surface area contributed by atoms with Gasteiger partial charge in [-0.3, -0.25) is 16.3 Å². The molecule has 6 heteroatoms. The summed E-state index contributed by atoms with van der Waals surface area (Å²) in [6.45, 7) is 0.834. The number of ether oxygens (including phenoxy) is 1. The molecule has 3 heterocycles. The van der Waals surface area contributed by atoms with Crippen LogP contribution >= 0.6 is 0 Å². The molecular formula is C15H21N5O. The molecule has 0 bridgehead atoms. The highest BCUT2D eigenvalue weighted by Gasteiger charge is 2.44. The zero-order valence-electron chi connectivity index (χ0n) is 12.0. The van der Waals surface area contributed by atoms with Gasteiger partial charge in [-0.05, 0) is 38.0 Å². The van der Waals surface area contributed by atoms with Crippen molar-refractivity contribution in [3.8, 4) is 0 Å². The number of nitrogens with two attached hydrogens (primary N) is 1. The molecule has 2 aromatic heterocycles. The minimum absolute atomic E-state index is 0.105. The number of rotatable bonds is 3. The predicted molar refractivity (Wildman–Crippen MR) is 78.3 cm³/mol. The van der Waals surface area contributed by atoms with Gasteiger partial charge in [0.2, 0.25) is 0 Å². The van der Waals surface area contributed by atoms with E-state index in [0.29, 0.717) is 5.92 Å². The van der Waals surface area contributed by atoms with Gasteiger partial charge in [-0.2, -0.15) is 5.10 Å². The molecule has 0 aromatic carbocycles. The second kappa shape index (κ2) is 5.05. The third-order valence-electron chi connectivity index (χ3n) is 5.14. The van der Waals surface area contributed by atoms with Crippen molar-refractivity contribution < 1.29 is 4.74 Å². The second-order valence-corrected chi connectivity index (χ2v) is 6.29. The summed E-state index contributed by atoms with van der Waals surface area (Å²) < 4.78 is 7.88. The Balaban J connectivity index is 1.64. The van der Waals surface area contributed by atoms with Gasteiger partial charge >= 0.3 is 0 Å². The molecule has 3 N–H and O–H groups in total. The number of aromatic nitrogens is 3. The summed E-state index contributed by atoms with van der Waals surface area (Å²) >= 11 is 0. The van der Waals surface area contributed by atoms with Gasteiger partial charge in [0.15, 0.2) is 0 Å². The zero-order valence-corrected chi connectivity index (χ0v) is 12.0. The molecule has 21 heavy (non-hydrogen) atoms. The number of hydrogen-bond donors (Lipinski definition) is 2. The fourth-order valence-corrected chi connectivity index (χ4v) is 3.84. The van der Waals surface area contributed by atoms with Crippen LogP contribution in [0.3, 0.4) is 0 Å². The summed E-state index contributed by atoms with van der Waals surface area (Å²) in [5.41, 5.74) is 5.29. The highest BCUT2D eigenvalue weighted by atomic mass is 16.5. The predicted octanol–water partition coefficient (Wildman–Crippen LogP) is 1.58. The molecule has 6 nitrogen and oxygen atoms in total. The van der Waals surface area contributed by atoms with Crippen molar-refractivity contribution in [1.82, 2.24) is 20.0 Å². The van der Waals surface area contributed by atoms with Crippen molar-refractivity contribution in [3.05, 3.63) is 30.4 Å². The molecule has 0 amide bonds. The molecule has 4 rings (SSSR count). The first kappa shape index (κ1) is 13.2. The minimum Gasteiger partial charge on any atom is -0.375 e. The molecule has 2 fully saturated rings. The fourth-order valence-electron chi connectivity index (χ4n) is 3.84. The minimum atomic E-state index is 0.105. The Labute approximate surface area is 123 Å². The van der Waals surface area contributed by atoms with E-state index in [0.717, 1.165) is 30.5 Å². The molecule has 1 aliphatic heterocycles. The summed E-state index contributed by atoms with van der Waals surface area (Å²) in [6.07, 6.45) is 13.2. The van der Waals surface area contributed by atoms with E-state index in [1.54, 1.807) is 6.20 Å². The van der Waals surface area contributed by atoms with Crippen LogP contribution in [0.2, 0.25) is 0 Å². The Kier molecular flexibility index (Phi) is 3.17. The van der Waals surface area contributed by atoms with Gasteiger partial charge in [0, 0.05) is 24.6 Å². The number of hydrogen-bond acceptors (Lipinski definition) is 5. The van der Waals surface area contributed by atoms with Crippen molar-refractivity contribution >= 4 is 5.52 Å². The molecule has 2 unspecified atom stereocenters. The monoisotopic (exact) mass is 287 g/mol. The summed E-state index contributed by atoms with van der Waals surface area (Å²) in [5.74, 6) is 6.37. The van der Waals surface area contributed by atoms with Gasteiger partial charge < -0.3 is 4.74 Å². The summed E-state index contributed by atoms with van der Waals surface area (Å²) in [6, 6.07) is 0.105. The highest BCUT2D eigenvalue weighted by Crippen LogP contribution is 2.47. The highest BCUT2D eigenvalue weighted by molar-refractivity contribution is 5.53. The number of nitrogens with one attached hydrogen (secondary N) is 1. The van der Waals surface area contributed by atoms with E-state index in [9.17, 15) is 0 Å². The molecule has 0 radical (unpaired) electrons. The Morgan fingerprint density at radius 3 is 3.10 bits per heavy atom. The lowest BCUT2D eigenvalue weighted by molar-refractivity contribution is -0.147. The average Bonchev–Trinajstić information content (AvgIpc) is 2.91. The van der Waals surface area contributed by atoms with Crippen molar-refractivity contribution in [1.29, 1.82) is 0 Å². The van der Waals surface area contributed by atoms with Gasteiger partial charge in [0.05, 0.1) is 29.6 Å². The fraction of sp³-hybridized carbons (Fsp3) is 0.600. The Hall–Kier alpha value is -1.50. The molecule has 1 saturated heterocycles. The van der Waals surface area contributed by atoms with E-state index in [1.165, 1.54) is 19.3 Å². The smallest absolute Gasteiger partial charge is 0.0893 e. The molecule has 2 aliphatic rings. The van der Waals surface area contributed by atoms with E-state index < -0.39 is 0 Å². The topological polar surface area (TPSA) is 77.5 Å². The van der Waals surface area contributed by atoms with Gasteiger partial charge in [-0.1, -0.05) is 0 Å². The quantitative estimate of drug-likeness (QED) is 0.662. The second-order valence-electron chi connectivity index (χ2n) is 6.29. The Bertz CT molecular complexity index is 636. The third-order valence-corrected chi connectivity index (χ3v) is 5.14. The van der Waals surface area contributed by atoms with Crippen molar-refractivity contribution in [2.24, 2.45) is 11.8 Å². The average molecular weight is 287 g/mol. The van der Waals surface area contributed by atoms with E-state index in [2.05, 4.69) is 15.5 Å². The molecular weight excluding hydrogens is 266 g/mol. The van der Waals surface area contributed by atoms with Crippen LogP contribution in [0.15, 0.2) is 24.8 Å². The van der Waals surface area contributed by atoms with Crippen LogP contribution in [0, 0.1) is 5.92 Å². The van der Waals surface area contributed by atoms with Gasteiger partial charge in [0.1, 0.15) is 0 Å². The third kappa shape index (κ3) is 2.14. The van der Waals surface area contributed by atoms with Crippen LogP contribution in [-0.4, -0.2) is 26.8 Å². The molecule has 2 atom stereocenters. The number of fused-ring (bicyclic) bond motifs is 1. The van der Waals surface area contributed by atoms with Crippen molar-refractivity contribution in [2.45, 2.75) is 43.7 Å². The lowest BCUT2D eigenvalue weighted by Crippen LogP contribution is -2.48. The van der Waals surface area contributed by atoms with Crippen LogP contribution in [0.25, 0.3) is 5.52 Å². The van der Waals surface area contributed by atoms with Gasteiger partial charge in [0.25, 0.3) is 0 Å². The standard InChI is InChI=1S/C15H21N5O/c16-19-14(11-2-7-21-15(8-11)3-1-4-15)12-9-18-20-6-5-17-10-13(12)20/h5-6,9-11,14,19H,1-4,7-8,16H2. The molecule has 2 aromatic rings. The van der Waals surface area contributed by atoms with E-state index in [1.807, 2.05) is 23.1 Å². The van der Waals surface area contributed by atoms with E-state index in [-0.39, 0.29) is 11.6 Å². The molecule has 1 saturated carbocycles. The zero-order chi connectivity index (χ0) is 14.3. The van der Waals surface area contributed by atoms with Gasteiger partial charge in [-0.15, -0.1) is 0 Å². The first-order valence-electron chi connectivity index (χ1n) is 7.69. The summed E-state index contributed by atoms with van der Waals surface area (Å²) in [7, 11) is 0. The Morgan fingerprint density at radius 1 is 1.43 bits per heavy atom. The summed E-state index contributed by atoms with van der Waals surface area (Å²) in [4.78, 5) is 4.21. The maximum Gasteiger partial charge on any atom is 0.0893 e. The molecule has 1 spiro atoms. The Morgan fingerprint density at radius 2 is 2.33 bits per heavy atom. The van der Waals surface area contributed by atoms with Crippen LogP contribution in [-0.2, 0) is 4.74 Å². The lowest BCUT2D eigenvalue weighted by Gasteiger charge is -2.48. The number of hydrazine groups is 1. The van der Waals surface area contributed by atoms with Crippen LogP contribution in [0.1, 0.15) is 43.7 Å². The van der Waals surface area contributed by atoms with Crippen molar-refractivity contribution in [3.63, 3.8) is 0 Å². The normalized spacial score (nSPS) is 25.9. The first-order valence-corrected chi connectivity index (χ1v) is 7.69. The lowest BCUT2D eigenvalue weighted by atomic mass is 9.70. The van der Waals surface area contributed by atoms with Gasteiger partial charge in [-0.25, -0.2) is 4.52 Å². The first-order chi connectivity index (χ1) is 10.3.